The van der Waals surface area contributed by atoms with Crippen LogP contribution in [0, 0.1) is 5.92 Å². The Hall–Kier alpha value is -3.46. The molecule has 166 valence electrons. The molecule has 0 atom stereocenters. The number of rotatable bonds is 4. The van der Waals surface area contributed by atoms with Crippen LogP contribution in [0.15, 0.2) is 77.7 Å². The van der Waals surface area contributed by atoms with Gasteiger partial charge in [0.1, 0.15) is 0 Å². The Morgan fingerprint density at radius 1 is 0.848 bits per heavy atom. The van der Waals surface area contributed by atoms with Crippen molar-refractivity contribution in [3.8, 4) is 22.4 Å². The fraction of sp³-hybridized carbons (Fsp3) is 0.267. The van der Waals surface area contributed by atoms with Crippen molar-refractivity contribution < 1.29 is 4.42 Å². The maximum atomic E-state index is 6.02. The molecule has 33 heavy (non-hydrogen) atoms. The third-order valence-corrected chi connectivity index (χ3v) is 6.20. The molecule has 3 nitrogen and oxygen atoms in total. The van der Waals surface area contributed by atoms with Gasteiger partial charge < -0.3 is 4.42 Å². The molecule has 5 aromatic rings. The molecule has 0 radical (unpaired) electrons. The molecule has 2 aromatic carbocycles. The van der Waals surface area contributed by atoms with Crippen LogP contribution in [-0.4, -0.2) is 9.97 Å². The summed E-state index contributed by atoms with van der Waals surface area (Å²) in [6.45, 7) is 11.2. The minimum atomic E-state index is 0.0355. The molecule has 5 rings (SSSR count). The lowest BCUT2D eigenvalue weighted by Crippen LogP contribution is -2.12. The van der Waals surface area contributed by atoms with Crippen molar-refractivity contribution in [1.82, 2.24) is 9.97 Å². The van der Waals surface area contributed by atoms with Gasteiger partial charge >= 0.3 is 0 Å². The van der Waals surface area contributed by atoms with Crippen molar-refractivity contribution in [2.75, 3.05) is 0 Å². The van der Waals surface area contributed by atoms with E-state index in [-0.39, 0.29) is 5.41 Å². The predicted molar refractivity (Wildman–Crippen MR) is 137 cm³/mol. The van der Waals surface area contributed by atoms with Crippen LogP contribution in [0.3, 0.4) is 0 Å². The highest BCUT2D eigenvalue weighted by atomic mass is 16.3. The van der Waals surface area contributed by atoms with Crippen LogP contribution in [0.4, 0.5) is 0 Å². The second-order valence-electron chi connectivity index (χ2n) is 10.3. The SMILES string of the molecule is CC(C)Cc1nccc2c(-c3ccnc(-c4cc(C(C)(C)C)c5ccccc5c4)c3)coc12. The molecule has 0 aliphatic heterocycles. The average Bonchev–Trinajstić information content (AvgIpc) is 3.23. The highest BCUT2D eigenvalue weighted by Gasteiger charge is 2.19. The Morgan fingerprint density at radius 2 is 1.64 bits per heavy atom. The van der Waals surface area contributed by atoms with Gasteiger partial charge in [-0.1, -0.05) is 58.9 Å². The third-order valence-electron chi connectivity index (χ3n) is 6.20. The lowest BCUT2D eigenvalue weighted by molar-refractivity contribution is 0.588. The van der Waals surface area contributed by atoms with Crippen LogP contribution in [0.2, 0.25) is 0 Å². The molecule has 3 heterocycles. The molecule has 0 saturated carbocycles. The monoisotopic (exact) mass is 434 g/mol. The largest absolute Gasteiger partial charge is 0.462 e. The molecule has 0 N–H and O–H groups in total. The number of pyridine rings is 2. The lowest BCUT2D eigenvalue weighted by Gasteiger charge is -2.22. The second-order valence-corrected chi connectivity index (χ2v) is 10.3. The molecule has 0 aliphatic rings. The Labute approximate surface area is 195 Å². The van der Waals surface area contributed by atoms with Crippen LogP contribution in [0.25, 0.3) is 44.1 Å². The number of hydrogen-bond acceptors (Lipinski definition) is 3. The van der Waals surface area contributed by atoms with Crippen LogP contribution in [0.5, 0.6) is 0 Å². The predicted octanol–water partition coefficient (Wildman–Crippen LogP) is 8.21. The summed E-state index contributed by atoms with van der Waals surface area (Å²) in [5.41, 5.74) is 7.57. The molecule has 0 fully saturated rings. The van der Waals surface area contributed by atoms with Gasteiger partial charge in [-0.25, -0.2) is 0 Å². The van der Waals surface area contributed by atoms with E-state index in [9.17, 15) is 0 Å². The number of hydrogen-bond donors (Lipinski definition) is 0. The van der Waals surface area contributed by atoms with Gasteiger partial charge in [-0.2, -0.15) is 0 Å². The zero-order chi connectivity index (χ0) is 23.2. The first-order valence-corrected chi connectivity index (χ1v) is 11.7. The van der Waals surface area contributed by atoms with E-state index < -0.39 is 0 Å². The molecular weight excluding hydrogens is 404 g/mol. The van der Waals surface area contributed by atoms with Crippen LogP contribution in [0.1, 0.15) is 45.9 Å². The first kappa shape index (κ1) is 21.4. The molecule has 3 aromatic heterocycles. The summed E-state index contributed by atoms with van der Waals surface area (Å²) < 4.78 is 6.02. The highest BCUT2D eigenvalue weighted by molar-refractivity contribution is 5.96. The average molecular weight is 435 g/mol. The van der Waals surface area contributed by atoms with Gasteiger partial charge in [0.05, 0.1) is 17.7 Å². The van der Waals surface area contributed by atoms with Crippen molar-refractivity contribution in [1.29, 1.82) is 0 Å². The quantitative estimate of drug-likeness (QED) is 0.286. The highest BCUT2D eigenvalue weighted by Crippen LogP contribution is 2.37. The number of furan rings is 1. The first-order valence-electron chi connectivity index (χ1n) is 11.7. The minimum absolute atomic E-state index is 0.0355. The lowest BCUT2D eigenvalue weighted by atomic mass is 9.82. The number of nitrogens with zero attached hydrogens (tertiary/aromatic N) is 2. The Bertz CT molecular complexity index is 1450. The number of aromatic nitrogens is 2. The molecule has 0 spiro atoms. The summed E-state index contributed by atoms with van der Waals surface area (Å²) >= 11 is 0. The normalized spacial score (nSPS) is 12.2. The second kappa shape index (κ2) is 8.15. The molecule has 0 amide bonds. The molecule has 0 bridgehead atoms. The van der Waals surface area contributed by atoms with Crippen molar-refractivity contribution in [3.63, 3.8) is 0 Å². The zero-order valence-electron chi connectivity index (χ0n) is 20.0. The summed E-state index contributed by atoms with van der Waals surface area (Å²) in [5, 5.41) is 3.65. The van der Waals surface area contributed by atoms with Gasteiger partial charge in [0.2, 0.25) is 0 Å². The smallest absolute Gasteiger partial charge is 0.155 e. The Morgan fingerprint density at radius 3 is 2.42 bits per heavy atom. The van der Waals surface area contributed by atoms with E-state index in [0.29, 0.717) is 5.92 Å². The standard InChI is InChI=1S/C30H30N2O/c1-19(2)14-28-29-24(11-13-32-28)25(18-33-29)21-10-12-31-27(17-21)22-15-20-8-6-7-9-23(20)26(16-22)30(3,4)5/h6-13,15-19H,14H2,1-5H3. The summed E-state index contributed by atoms with van der Waals surface area (Å²) in [6.07, 6.45) is 6.54. The maximum absolute atomic E-state index is 6.02. The van der Waals surface area contributed by atoms with Gasteiger partial charge in [0.25, 0.3) is 0 Å². The van der Waals surface area contributed by atoms with Crippen LogP contribution >= 0.6 is 0 Å². The van der Waals surface area contributed by atoms with Gasteiger partial charge in [-0.3, -0.25) is 9.97 Å². The molecule has 0 unspecified atom stereocenters. The van der Waals surface area contributed by atoms with Crippen LogP contribution < -0.4 is 0 Å². The Balaban J connectivity index is 1.64. The van der Waals surface area contributed by atoms with Gasteiger partial charge in [-0.05, 0) is 70.0 Å². The van der Waals surface area contributed by atoms with E-state index in [1.54, 1.807) is 0 Å². The molecule has 3 heteroatoms. The van der Waals surface area contributed by atoms with E-state index in [1.165, 1.54) is 16.3 Å². The minimum Gasteiger partial charge on any atom is -0.462 e. The van der Waals surface area contributed by atoms with E-state index in [1.807, 2.05) is 24.7 Å². The first-order chi connectivity index (χ1) is 15.8. The summed E-state index contributed by atoms with van der Waals surface area (Å²) in [7, 11) is 0. The summed E-state index contributed by atoms with van der Waals surface area (Å²) in [6, 6.07) is 19.4. The van der Waals surface area contributed by atoms with E-state index in [4.69, 9.17) is 9.40 Å². The molecule has 0 aliphatic carbocycles. The van der Waals surface area contributed by atoms with Crippen molar-refractivity contribution in [2.24, 2.45) is 5.92 Å². The summed E-state index contributed by atoms with van der Waals surface area (Å²) in [4.78, 5) is 9.32. The van der Waals surface area contributed by atoms with Crippen molar-refractivity contribution in [2.45, 2.75) is 46.5 Å². The van der Waals surface area contributed by atoms with Crippen LogP contribution in [-0.2, 0) is 11.8 Å². The van der Waals surface area contributed by atoms with Gasteiger partial charge in [-0.15, -0.1) is 0 Å². The topological polar surface area (TPSA) is 38.9 Å². The molecular formula is C30H30N2O. The van der Waals surface area contributed by atoms with E-state index in [2.05, 4.69) is 88.1 Å². The van der Waals surface area contributed by atoms with E-state index in [0.717, 1.165) is 45.5 Å². The van der Waals surface area contributed by atoms with Gasteiger partial charge in [0, 0.05) is 28.9 Å². The fourth-order valence-corrected chi connectivity index (χ4v) is 4.61. The fourth-order valence-electron chi connectivity index (χ4n) is 4.61. The summed E-state index contributed by atoms with van der Waals surface area (Å²) in [5.74, 6) is 0.522. The zero-order valence-corrected chi connectivity index (χ0v) is 20.0. The Kier molecular flexibility index (Phi) is 5.28. The van der Waals surface area contributed by atoms with Crippen molar-refractivity contribution >= 4 is 21.7 Å². The maximum Gasteiger partial charge on any atom is 0.155 e. The third kappa shape index (κ3) is 4.04. The number of benzene rings is 2. The number of fused-ring (bicyclic) bond motifs is 2. The molecule has 0 saturated heterocycles. The van der Waals surface area contributed by atoms with Gasteiger partial charge in [0.15, 0.2) is 5.58 Å². The van der Waals surface area contributed by atoms with Crippen molar-refractivity contribution in [3.05, 3.63) is 84.5 Å². The van der Waals surface area contributed by atoms with E-state index >= 15 is 0 Å².